The van der Waals surface area contributed by atoms with Crippen LogP contribution >= 0.6 is 0 Å². The first-order chi connectivity index (χ1) is 25.8. The second kappa shape index (κ2) is 15.5. The van der Waals surface area contributed by atoms with E-state index in [2.05, 4.69) is 228 Å². The van der Waals surface area contributed by atoms with Crippen LogP contribution < -0.4 is 9.80 Å². The van der Waals surface area contributed by atoms with E-state index in [4.69, 9.17) is 0 Å². The molecule has 250 valence electrons. The van der Waals surface area contributed by atoms with Gasteiger partial charge in [-0.25, -0.2) is 0 Å². The van der Waals surface area contributed by atoms with Gasteiger partial charge in [0.2, 0.25) is 0 Å². The molecule has 0 aliphatic carbocycles. The van der Waals surface area contributed by atoms with Gasteiger partial charge in [-0.15, -0.1) is 0 Å². The Labute approximate surface area is 307 Å². The van der Waals surface area contributed by atoms with Crippen LogP contribution in [0.2, 0.25) is 0 Å². The number of hydrogen-bond acceptors (Lipinski definition) is 2. The van der Waals surface area contributed by atoms with E-state index in [1.165, 1.54) is 33.4 Å². The molecule has 0 radical (unpaired) electrons. The Balaban J connectivity index is 1.02. The highest BCUT2D eigenvalue weighted by Crippen LogP contribution is 2.38. The third kappa shape index (κ3) is 7.43. The van der Waals surface area contributed by atoms with Gasteiger partial charge in [-0.1, -0.05) is 146 Å². The van der Waals surface area contributed by atoms with Crippen LogP contribution in [0.3, 0.4) is 0 Å². The van der Waals surface area contributed by atoms with Crippen LogP contribution in [0, 0.1) is 0 Å². The van der Waals surface area contributed by atoms with Crippen molar-refractivity contribution in [3.63, 3.8) is 0 Å². The third-order valence-electron chi connectivity index (χ3n) is 9.59. The highest BCUT2D eigenvalue weighted by Gasteiger charge is 2.15. The summed E-state index contributed by atoms with van der Waals surface area (Å²) in [6.07, 6.45) is 2.10. The van der Waals surface area contributed by atoms with Gasteiger partial charge in [0.05, 0.1) is 0 Å². The lowest BCUT2D eigenvalue weighted by Gasteiger charge is -2.26. The second-order valence-electron chi connectivity index (χ2n) is 13.0. The Morgan fingerprint density at radius 3 is 0.750 bits per heavy atom. The summed E-state index contributed by atoms with van der Waals surface area (Å²) < 4.78 is 0. The first-order valence-electron chi connectivity index (χ1n) is 18.0. The zero-order chi connectivity index (χ0) is 35.0. The largest absolute Gasteiger partial charge is 0.311 e. The Morgan fingerprint density at radius 2 is 0.442 bits per heavy atom. The fourth-order valence-corrected chi connectivity index (χ4v) is 6.83. The fraction of sp³-hybridized carbons (Fsp3) is 0.0400. The highest BCUT2D eigenvalue weighted by atomic mass is 15.1. The molecule has 0 amide bonds. The molecule has 8 rings (SSSR count). The summed E-state index contributed by atoms with van der Waals surface area (Å²) in [5.41, 5.74) is 14.3. The molecule has 0 N–H and O–H groups in total. The quantitative estimate of drug-likeness (QED) is 0.135. The molecule has 8 aromatic rings. The monoisotopic (exact) mass is 668 g/mol. The van der Waals surface area contributed by atoms with E-state index in [0.29, 0.717) is 0 Å². The molecule has 2 nitrogen and oxygen atoms in total. The molecule has 0 unspecified atom stereocenters. The van der Waals surface area contributed by atoms with E-state index < -0.39 is 0 Å². The SMILES string of the molecule is c1ccc(CCc2ccc(-c3ccc(N(c4ccccc4)c4ccc(-c5ccc(N(c6ccccc6)c6ccccc6)cc5)cc4)cc3)cc2)cc1. The van der Waals surface area contributed by atoms with Crippen molar-refractivity contribution in [1.82, 2.24) is 0 Å². The first kappa shape index (κ1) is 32.6. The van der Waals surface area contributed by atoms with E-state index in [1.807, 2.05) is 0 Å². The molecular formula is C50H40N2. The van der Waals surface area contributed by atoms with Crippen LogP contribution in [0.25, 0.3) is 22.3 Å². The maximum Gasteiger partial charge on any atom is 0.0462 e. The minimum Gasteiger partial charge on any atom is -0.311 e. The summed E-state index contributed by atoms with van der Waals surface area (Å²) in [6.45, 7) is 0. The Bertz CT molecular complexity index is 2240. The minimum atomic E-state index is 1.04. The van der Waals surface area contributed by atoms with Gasteiger partial charge in [-0.3, -0.25) is 0 Å². The van der Waals surface area contributed by atoms with Crippen molar-refractivity contribution in [2.45, 2.75) is 12.8 Å². The van der Waals surface area contributed by atoms with Crippen molar-refractivity contribution in [2.75, 3.05) is 9.80 Å². The predicted molar refractivity (Wildman–Crippen MR) is 221 cm³/mol. The number of anilines is 6. The summed E-state index contributed by atoms with van der Waals surface area (Å²) in [5.74, 6) is 0. The highest BCUT2D eigenvalue weighted by molar-refractivity contribution is 5.81. The van der Waals surface area contributed by atoms with Gasteiger partial charge in [0.25, 0.3) is 0 Å². The zero-order valence-corrected chi connectivity index (χ0v) is 29.1. The summed E-state index contributed by atoms with van der Waals surface area (Å²) in [7, 11) is 0. The lowest BCUT2D eigenvalue weighted by molar-refractivity contribution is 0.960. The molecule has 0 saturated carbocycles. The maximum atomic E-state index is 2.32. The number of benzene rings is 8. The molecular weight excluding hydrogens is 629 g/mol. The summed E-state index contributed by atoms with van der Waals surface area (Å²) in [6, 6.07) is 78.0. The lowest BCUT2D eigenvalue weighted by Crippen LogP contribution is -2.09. The van der Waals surface area contributed by atoms with Gasteiger partial charge in [-0.2, -0.15) is 0 Å². The number of aryl methyl sites for hydroxylation is 2. The van der Waals surface area contributed by atoms with E-state index in [9.17, 15) is 0 Å². The van der Waals surface area contributed by atoms with Gasteiger partial charge in [0.1, 0.15) is 0 Å². The summed E-state index contributed by atoms with van der Waals surface area (Å²) in [4.78, 5) is 4.61. The Morgan fingerprint density at radius 1 is 0.212 bits per heavy atom. The van der Waals surface area contributed by atoms with Crippen LogP contribution in [-0.2, 0) is 12.8 Å². The first-order valence-corrected chi connectivity index (χ1v) is 18.0. The zero-order valence-electron chi connectivity index (χ0n) is 29.1. The van der Waals surface area contributed by atoms with Crippen molar-refractivity contribution < 1.29 is 0 Å². The molecule has 0 heterocycles. The third-order valence-corrected chi connectivity index (χ3v) is 9.59. The number of rotatable bonds is 11. The van der Waals surface area contributed by atoms with Gasteiger partial charge in [-0.05, 0) is 119 Å². The average Bonchev–Trinajstić information content (AvgIpc) is 3.23. The van der Waals surface area contributed by atoms with E-state index in [-0.39, 0.29) is 0 Å². The van der Waals surface area contributed by atoms with Crippen molar-refractivity contribution in [3.8, 4) is 22.3 Å². The van der Waals surface area contributed by atoms with Gasteiger partial charge < -0.3 is 9.80 Å². The number of hydrogen-bond donors (Lipinski definition) is 0. The smallest absolute Gasteiger partial charge is 0.0462 e. The molecule has 0 bridgehead atoms. The molecule has 0 aromatic heterocycles. The van der Waals surface area contributed by atoms with E-state index >= 15 is 0 Å². The van der Waals surface area contributed by atoms with Crippen molar-refractivity contribution >= 4 is 34.1 Å². The van der Waals surface area contributed by atoms with Gasteiger partial charge in [0, 0.05) is 34.1 Å². The van der Waals surface area contributed by atoms with Crippen molar-refractivity contribution in [1.29, 1.82) is 0 Å². The summed E-state index contributed by atoms with van der Waals surface area (Å²) in [5, 5.41) is 0. The normalized spacial score (nSPS) is 10.8. The molecule has 0 atom stereocenters. The van der Waals surface area contributed by atoms with Crippen LogP contribution in [0.15, 0.2) is 218 Å². The molecule has 0 saturated heterocycles. The molecule has 2 heteroatoms. The minimum absolute atomic E-state index is 1.04. The molecule has 8 aromatic carbocycles. The van der Waals surface area contributed by atoms with E-state index in [0.717, 1.165) is 47.0 Å². The van der Waals surface area contributed by atoms with Crippen molar-refractivity contribution in [3.05, 3.63) is 230 Å². The molecule has 0 aliphatic rings. The van der Waals surface area contributed by atoms with Crippen LogP contribution in [0.1, 0.15) is 11.1 Å². The lowest BCUT2D eigenvalue weighted by atomic mass is 10.00. The van der Waals surface area contributed by atoms with Crippen LogP contribution in [0.4, 0.5) is 34.1 Å². The summed E-state index contributed by atoms with van der Waals surface area (Å²) >= 11 is 0. The number of para-hydroxylation sites is 3. The molecule has 0 spiro atoms. The fourth-order valence-electron chi connectivity index (χ4n) is 6.83. The van der Waals surface area contributed by atoms with Crippen molar-refractivity contribution in [2.24, 2.45) is 0 Å². The Kier molecular flexibility index (Phi) is 9.70. The predicted octanol–water partition coefficient (Wildman–Crippen LogP) is 13.7. The van der Waals surface area contributed by atoms with Crippen LogP contribution in [-0.4, -0.2) is 0 Å². The molecule has 0 aliphatic heterocycles. The van der Waals surface area contributed by atoms with Gasteiger partial charge in [0.15, 0.2) is 0 Å². The Hall–Kier alpha value is -6.64. The number of nitrogens with zero attached hydrogens (tertiary/aromatic N) is 2. The average molecular weight is 669 g/mol. The molecule has 0 fully saturated rings. The maximum absolute atomic E-state index is 2.32. The standard InChI is InChI=1S/C50H40N2/c1-5-13-39(14-6-1)21-22-40-23-25-41(26-24-40)42-27-35-49(36-28-42)52(47-19-11-4-12-20-47)50-37-31-44(32-38-50)43-29-33-48(34-30-43)51(45-15-7-2-8-16-45)46-17-9-3-10-18-46/h1-20,23-38H,21-22H2. The second-order valence-corrected chi connectivity index (χ2v) is 13.0. The van der Waals surface area contributed by atoms with E-state index in [1.54, 1.807) is 0 Å². The molecule has 52 heavy (non-hydrogen) atoms. The topological polar surface area (TPSA) is 6.48 Å². The van der Waals surface area contributed by atoms with Gasteiger partial charge >= 0.3 is 0 Å². The van der Waals surface area contributed by atoms with Crippen LogP contribution in [0.5, 0.6) is 0 Å².